The summed E-state index contributed by atoms with van der Waals surface area (Å²) in [5.74, 6) is -0.340. The maximum atomic E-state index is 13.9. The van der Waals surface area contributed by atoms with Crippen LogP contribution in [0.3, 0.4) is 0 Å². The number of para-hydroxylation sites is 1. The summed E-state index contributed by atoms with van der Waals surface area (Å²) >= 11 is 12.7. The Bertz CT molecular complexity index is 1830. The molecule has 0 spiro atoms. The molecule has 0 saturated carbocycles. The summed E-state index contributed by atoms with van der Waals surface area (Å²) in [6.07, 6.45) is -1.62. The van der Waals surface area contributed by atoms with Crippen LogP contribution in [0.15, 0.2) is 40.8 Å². The summed E-state index contributed by atoms with van der Waals surface area (Å²) < 4.78 is 48.1. The molecule has 4 atom stereocenters. The number of aldehydes is 1. The lowest BCUT2D eigenvalue weighted by Crippen LogP contribution is -2.32. The van der Waals surface area contributed by atoms with Crippen LogP contribution in [-0.4, -0.2) is 69.9 Å². The molecule has 14 heteroatoms. The van der Waals surface area contributed by atoms with E-state index in [9.17, 15) is 13.6 Å². The number of fused-ring (bicyclic) bond motifs is 4. The number of furan rings is 1. The summed E-state index contributed by atoms with van der Waals surface area (Å²) in [7, 11) is 1.00. The number of carbonyl (C=O) groups excluding carboxylic acids is 1. The number of ether oxygens (including phenoxy) is 2. The van der Waals surface area contributed by atoms with Crippen molar-refractivity contribution in [3.8, 4) is 6.01 Å². The summed E-state index contributed by atoms with van der Waals surface area (Å²) in [5, 5.41) is 8.37. The van der Waals surface area contributed by atoms with E-state index in [1.165, 1.54) is 0 Å². The van der Waals surface area contributed by atoms with Crippen LogP contribution >= 0.6 is 23.2 Å². The van der Waals surface area contributed by atoms with E-state index in [1.54, 1.807) is 41.3 Å². The SMILES string of the molecule is CC1COCC[C@H]1n1c(O[C@H]2C[C@@H](C=O)N(c3nc(C(F)F)nc4c3oc3ccccc34)C2)nc2cc(Cl)c(Cl)cc21.CO. The fraction of sp³-hybridized carbons (Fsp3) is 0.400. The number of carbonyl (C=O) groups is 1. The van der Waals surface area contributed by atoms with Crippen LogP contribution in [-0.2, 0) is 9.53 Å². The Morgan fingerprint density at radius 2 is 1.91 bits per heavy atom. The lowest BCUT2D eigenvalue weighted by Gasteiger charge is -2.31. The Morgan fingerprint density at radius 3 is 2.66 bits per heavy atom. The maximum absolute atomic E-state index is 13.9. The highest BCUT2D eigenvalue weighted by molar-refractivity contribution is 6.42. The topological polar surface area (TPSA) is 116 Å². The maximum Gasteiger partial charge on any atom is 0.297 e. The average molecular weight is 648 g/mol. The van der Waals surface area contributed by atoms with Crippen LogP contribution in [0.5, 0.6) is 6.01 Å². The summed E-state index contributed by atoms with van der Waals surface area (Å²) in [6, 6.07) is 10.2. The molecule has 1 unspecified atom stereocenters. The van der Waals surface area contributed by atoms with E-state index >= 15 is 0 Å². The lowest BCUT2D eigenvalue weighted by molar-refractivity contribution is -0.108. The number of aliphatic hydroxyl groups excluding tert-OH is 1. The fourth-order valence-electron chi connectivity index (χ4n) is 6.04. The Hall–Kier alpha value is -3.58. The number of nitrogens with zero attached hydrogens (tertiary/aromatic N) is 5. The number of imidazole rings is 1. The van der Waals surface area contributed by atoms with E-state index in [2.05, 4.69) is 16.9 Å². The zero-order chi connectivity index (χ0) is 31.1. The molecule has 0 bridgehead atoms. The molecule has 5 heterocycles. The smallest absolute Gasteiger partial charge is 0.297 e. The van der Waals surface area contributed by atoms with E-state index in [1.807, 2.05) is 4.57 Å². The summed E-state index contributed by atoms with van der Waals surface area (Å²) in [5.41, 5.74) is 2.40. The molecule has 232 valence electrons. The zero-order valence-corrected chi connectivity index (χ0v) is 25.3. The normalized spacial score (nSPS) is 22.1. The molecule has 10 nitrogen and oxygen atoms in total. The van der Waals surface area contributed by atoms with Gasteiger partial charge in [0.15, 0.2) is 17.2 Å². The Kier molecular flexibility index (Phi) is 8.60. The molecule has 44 heavy (non-hydrogen) atoms. The van der Waals surface area contributed by atoms with Crippen molar-refractivity contribution in [3.63, 3.8) is 0 Å². The largest absolute Gasteiger partial charge is 0.459 e. The minimum atomic E-state index is -2.91. The van der Waals surface area contributed by atoms with Crippen LogP contribution in [0.25, 0.3) is 33.1 Å². The van der Waals surface area contributed by atoms with E-state index in [0.717, 1.165) is 25.3 Å². The van der Waals surface area contributed by atoms with Crippen molar-refractivity contribution in [3.05, 3.63) is 52.3 Å². The Morgan fingerprint density at radius 1 is 1.14 bits per heavy atom. The number of aliphatic hydroxyl groups is 1. The monoisotopic (exact) mass is 647 g/mol. The van der Waals surface area contributed by atoms with Crippen molar-refractivity contribution in [1.29, 1.82) is 0 Å². The second-order valence-corrected chi connectivity index (χ2v) is 11.6. The first kappa shape index (κ1) is 30.4. The number of halogens is 4. The van der Waals surface area contributed by atoms with Crippen LogP contribution in [0, 0.1) is 5.92 Å². The number of hydrogen-bond acceptors (Lipinski definition) is 9. The van der Waals surface area contributed by atoms with E-state index in [0.29, 0.717) is 45.8 Å². The number of rotatable bonds is 6. The highest BCUT2D eigenvalue weighted by atomic mass is 35.5. The van der Waals surface area contributed by atoms with Gasteiger partial charge in [-0.15, -0.1) is 0 Å². The van der Waals surface area contributed by atoms with Gasteiger partial charge in [-0.3, -0.25) is 4.57 Å². The summed E-state index contributed by atoms with van der Waals surface area (Å²) in [6.45, 7) is 3.46. The van der Waals surface area contributed by atoms with Gasteiger partial charge in [-0.1, -0.05) is 42.3 Å². The molecule has 0 aliphatic carbocycles. The van der Waals surface area contributed by atoms with Crippen molar-refractivity contribution in [2.75, 3.05) is 31.8 Å². The van der Waals surface area contributed by atoms with Crippen molar-refractivity contribution < 1.29 is 32.6 Å². The molecular formula is C30H29Cl2F2N5O5. The first-order valence-electron chi connectivity index (χ1n) is 14.1. The van der Waals surface area contributed by atoms with Crippen molar-refractivity contribution >= 4 is 68.4 Å². The molecule has 0 amide bonds. The molecular weight excluding hydrogens is 619 g/mol. The quantitative estimate of drug-likeness (QED) is 0.209. The third-order valence-corrected chi connectivity index (χ3v) is 8.77. The van der Waals surface area contributed by atoms with Gasteiger partial charge < -0.3 is 28.7 Å². The minimum absolute atomic E-state index is 0.0287. The van der Waals surface area contributed by atoms with Gasteiger partial charge in [0.05, 0.1) is 40.3 Å². The summed E-state index contributed by atoms with van der Waals surface area (Å²) in [4.78, 5) is 27.0. The third-order valence-electron chi connectivity index (χ3n) is 8.05. The first-order valence-corrected chi connectivity index (χ1v) is 14.8. The molecule has 7 rings (SSSR count). The van der Waals surface area contributed by atoms with Crippen LogP contribution in [0.4, 0.5) is 14.6 Å². The second kappa shape index (κ2) is 12.4. The van der Waals surface area contributed by atoms with Gasteiger partial charge >= 0.3 is 0 Å². The molecule has 2 fully saturated rings. The molecule has 2 aromatic carbocycles. The van der Waals surface area contributed by atoms with Gasteiger partial charge in [-0.05, 0) is 30.7 Å². The zero-order valence-electron chi connectivity index (χ0n) is 23.8. The number of alkyl halides is 2. The highest BCUT2D eigenvalue weighted by Crippen LogP contribution is 2.40. The van der Waals surface area contributed by atoms with Gasteiger partial charge in [0, 0.05) is 37.5 Å². The van der Waals surface area contributed by atoms with Gasteiger partial charge in [-0.25, -0.2) is 18.7 Å². The van der Waals surface area contributed by atoms with Crippen molar-refractivity contribution in [2.24, 2.45) is 5.92 Å². The minimum Gasteiger partial charge on any atom is -0.459 e. The lowest BCUT2D eigenvalue weighted by atomic mass is 9.97. The number of benzene rings is 2. The number of anilines is 1. The Balaban J connectivity index is 0.00000168. The van der Waals surface area contributed by atoms with E-state index in [-0.39, 0.29) is 41.8 Å². The van der Waals surface area contributed by atoms with Crippen LogP contribution < -0.4 is 9.64 Å². The Labute approximate surface area is 260 Å². The molecule has 2 saturated heterocycles. The van der Waals surface area contributed by atoms with Crippen LogP contribution in [0.1, 0.15) is 38.1 Å². The van der Waals surface area contributed by atoms with E-state index < -0.39 is 24.4 Å². The standard InChI is InChI=1S/C29H25Cl2F2N5O4.CH4O/c1-14-13-40-7-6-21(14)38-22-10-19(31)18(30)9-20(22)34-29(38)41-16-8-15(12-39)37(11-16)28-25-24(35-27(36-28)26(32)33)17-4-2-3-5-23(17)42-25;1-2/h2-5,9-10,12,14-16,21,26H,6-8,11,13H2,1H3;2H,1H3/t14?,15-,16-,21+;/m0./s1. The predicted octanol–water partition coefficient (Wildman–Crippen LogP) is 6.40. The van der Waals surface area contributed by atoms with Gasteiger partial charge in [0.25, 0.3) is 12.4 Å². The van der Waals surface area contributed by atoms with Gasteiger partial charge in [0.1, 0.15) is 23.5 Å². The molecule has 2 aliphatic heterocycles. The van der Waals surface area contributed by atoms with E-state index in [4.69, 9.17) is 47.2 Å². The second-order valence-electron chi connectivity index (χ2n) is 10.7. The number of hydrogen-bond donors (Lipinski definition) is 1. The van der Waals surface area contributed by atoms with Crippen molar-refractivity contribution in [2.45, 2.75) is 44.4 Å². The molecule has 1 N–H and O–H groups in total. The first-order chi connectivity index (χ1) is 21.3. The third kappa shape index (κ3) is 5.33. The molecule has 5 aromatic rings. The number of aromatic nitrogens is 4. The van der Waals surface area contributed by atoms with Crippen LogP contribution in [0.2, 0.25) is 10.0 Å². The highest BCUT2D eigenvalue weighted by Gasteiger charge is 2.38. The molecule has 3 aromatic heterocycles. The molecule has 0 radical (unpaired) electrons. The molecule has 2 aliphatic rings. The fourth-order valence-corrected chi connectivity index (χ4v) is 6.36. The van der Waals surface area contributed by atoms with Gasteiger partial charge in [-0.2, -0.15) is 4.98 Å². The average Bonchev–Trinajstić information content (AvgIpc) is 3.71. The van der Waals surface area contributed by atoms with Gasteiger partial charge in [0.2, 0.25) is 0 Å². The van der Waals surface area contributed by atoms with Crippen molar-refractivity contribution in [1.82, 2.24) is 19.5 Å². The predicted molar refractivity (Wildman–Crippen MR) is 162 cm³/mol.